The van der Waals surface area contributed by atoms with E-state index in [2.05, 4.69) is 4.37 Å². The number of hydrogen-bond acceptors (Lipinski definition) is 3. The van der Waals surface area contributed by atoms with Gasteiger partial charge in [-0.3, -0.25) is 0 Å². The molecular weight excluding hydrogens is 346 g/mol. The molecule has 0 bridgehead atoms. The molecule has 2 aromatic rings. The van der Waals surface area contributed by atoms with Gasteiger partial charge in [-0.05, 0) is 30.6 Å². The molecule has 2 rings (SSSR count). The highest BCUT2D eigenvalue weighted by atomic mass is 35.5. The number of ether oxygens (including phenoxy) is 1. The lowest BCUT2D eigenvalue weighted by atomic mass is 10.1. The fourth-order valence-corrected chi connectivity index (χ4v) is 3.12. The highest BCUT2D eigenvalue weighted by molar-refractivity contribution is 7.06. The first-order valence-corrected chi connectivity index (χ1v) is 7.47. The number of benzene rings is 1. The fourth-order valence-electron chi connectivity index (χ4n) is 1.79. The molecule has 0 aliphatic rings. The summed E-state index contributed by atoms with van der Waals surface area (Å²) < 4.78 is 48.2. The van der Waals surface area contributed by atoms with E-state index in [1.54, 1.807) is 25.1 Å². The molecule has 0 atom stereocenters. The highest BCUT2D eigenvalue weighted by Gasteiger charge is 2.38. The first-order valence-electron chi connectivity index (χ1n) is 5.94. The summed E-state index contributed by atoms with van der Waals surface area (Å²) in [5.74, 6) is 0. The molecule has 0 amide bonds. The number of rotatable bonds is 4. The zero-order chi connectivity index (χ0) is 15.6. The van der Waals surface area contributed by atoms with Gasteiger partial charge in [0.2, 0.25) is 0 Å². The molecule has 21 heavy (non-hydrogen) atoms. The smallest absolute Gasteiger partial charge is 0.377 e. The second-order valence-corrected chi connectivity index (χ2v) is 5.66. The highest BCUT2D eigenvalue weighted by Crippen LogP contribution is 2.43. The van der Waals surface area contributed by atoms with Crippen molar-refractivity contribution in [3.63, 3.8) is 0 Å². The van der Waals surface area contributed by atoms with Gasteiger partial charge in [0.05, 0.1) is 22.3 Å². The van der Waals surface area contributed by atoms with Crippen LogP contribution < -0.4 is 0 Å². The molecule has 0 N–H and O–H groups in total. The van der Waals surface area contributed by atoms with Crippen molar-refractivity contribution in [1.82, 2.24) is 4.37 Å². The molecule has 0 unspecified atom stereocenters. The van der Waals surface area contributed by atoms with Gasteiger partial charge in [-0.15, -0.1) is 0 Å². The van der Waals surface area contributed by atoms with Crippen LogP contribution in [0.5, 0.6) is 0 Å². The Balaban J connectivity index is 2.61. The van der Waals surface area contributed by atoms with Crippen LogP contribution in [0.3, 0.4) is 0 Å². The van der Waals surface area contributed by atoms with Crippen LogP contribution in [0.2, 0.25) is 10.0 Å². The predicted octanol–water partition coefficient (Wildman–Crippen LogP) is 5.67. The van der Waals surface area contributed by atoms with Crippen molar-refractivity contribution in [3.05, 3.63) is 38.7 Å². The van der Waals surface area contributed by atoms with Crippen molar-refractivity contribution in [2.45, 2.75) is 19.7 Å². The first-order chi connectivity index (χ1) is 9.86. The quantitative estimate of drug-likeness (QED) is 0.704. The molecule has 0 aliphatic carbocycles. The zero-order valence-corrected chi connectivity index (χ0v) is 13.1. The molecule has 1 heterocycles. The van der Waals surface area contributed by atoms with E-state index in [1.165, 1.54) is 0 Å². The standard InChI is InChI=1S/C13H10Cl2F3NOS/c1-2-20-6-7-11(19-21-12(7)13(16,17)18)10-8(14)4-3-5-9(10)15/h3-5H,2,6H2,1H3. The summed E-state index contributed by atoms with van der Waals surface area (Å²) in [7, 11) is 0. The largest absolute Gasteiger partial charge is 0.427 e. The third kappa shape index (κ3) is 3.51. The molecule has 0 fully saturated rings. The number of aromatic nitrogens is 1. The minimum absolute atomic E-state index is 0.0376. The minimum atomic E-state index is -4.49. The lowest BCUT2D eigenvalue weighted by Crippen LogP contribution is -2.07. The third-order valence-electron chi connectivity index (χ3n) is 2.70. The Kier molecular flexibility index (Phi) is 5.14. The Bertz CT molecular complexity index is 623. The summed E-state index contributed by atoms with van der Waals surface area (Å²) in [6.07, 6.45) is -4.49. The van der Waals surface area contributed by atoms with Gasteiger partial charge in [-0.25, -0.2) is 0 Å². The van der Waals surface area contributed by atoms with E-state index in [4.69, 9.17) is 27.9 Å². The molecule has 1 aromatic heterocycles. The van der Waals surface area contributed by atoms with E-state index in [0.29, 0.717) is 23.7 Å². The Labute approximate surface area is 133 Å². The maximum absolute atomic E-state index is 13.1. The zero-order valence-electron chi connectivity index (χ0n) is 10.8. The van der Waals surface area contributed by atoms with E-state index in [9.17, 15) is 13.2 Å². The van der Waals surface area contributed by atoms with Crippen molar-refractivity contribution in [2.24, 2.45) is 0 Å². The summed E-state index contributed by atoms with van der Waals surface area (Å²) >= 11 is 12.5. The van der Waals surface area contributed by atoms with Crippen LogP contribution in [0.4, 0.5) is 13.2 Å². The second kappa shape index (κ2) is 6.52. The van der Waals surface area contributed by atoms with Gasteiger partial charge in [0.1, 0.15) is 4.88 Å². The van der Waals surface area contributed by atoms with E-state index in [0.717, 1.165) is 0 Å². The molecular formula is C13H10Cl2F3NOS. The van der Waals surface area contributed by atoms with Crippen LogP contribution in [0.25, 0.3) is 11.3 Å². The van der Waals surface area contributed by atoms with Crippen LogP contribution in [-0.4, -0.2) is 11.0 Å². The van der Waals surface area contributed by atoms with Gasteiger partial charge < -0.3 is 4.74 Å². The summed E-state index contributed by atoms with van der Waals surface area (Å²) in [5.41, 5.74) is 0.378. The average Bonchev–Trinajstić information content (AvgIpc) is 2.79. The molecule has 2 nitrogen and oxygen atoms in total. The van der Waals surface area contributed by atoms with Crippen LogP contribution in [0, 0.1) is 0 Å². The summed E-state index contributed by atoms with van der Waals surface area (Å²) in [6.45, 7) is 1.80. The first kappa shape index (κ1) is 16.5. The van der Waals surface area contributed by atoms with Gasteiger partial charge in [0.25, 0.3) is 0 Å². The Morgan fingerprint density at radius 1 is 1.24 bits per heavy atom. The number of nitrogens with zero attached hydrogens (tertiary/aromatic N) is 1. The number of alkyl halides is 3. The maximum Gasteiger partial charge on any atom is 0.427 e. The minimum Gasteiger partial charge on any atom is -0.377 e. The van der Waals surface area contributed by atoms with Gasteiger partial charge in [0, 0.05) is 17.7 Å². The van der Waals surface area contributed by atoms with Gasteiger partial charge in [0.15, 0.2) is 0 Å². The molecule has 0 saturated heterocycles. The van der Waals surface area contributed by atoms with Gasteiger partial charge in [-0.1, -0.05) is 29.3 Å². The van der Waals surface area contributed by atoms with Crippen LogP contribution in [0.15, 0.2) is 18.2 Å². The van der Waals surface area contributed by atoms with E-state index in [1.807, 2.05) is 0 Å². The lowest BCUT2D eigenvalue weighted by molar-refractivity contribution is -0.135. The maximum atomic E-state index is 13.1. The Morgan fingerprint density at radius 3 is 2.38 bits per heavy atom. The normalized spacial score (nSPS) is 11.9. The summed E-state index contributed by atoms with van der Waals surface area (Å²) in [5, 5.41) is 0.499. The molecule has 8 heteroatoms. The molecule has 114 valence electrons. The van der Waals surface area contributed by atoms with Gasteiger partial charge in [-0.2, -0.15) is 17.5 Å². The van der Waals surface area contributed by atoms with Crippen LogP contribution in [-0.2, 0) is 17.5 Å². The van der Waals surface area contributed by atoms with Crippen molar-refractivity contribution >= 4 is 34.7 Å². The monoisotopic (exact) mass is 355 g/mol. The van der Waals surface area contributed by atoms with Crippen LogP contribution in [0.1, 0.15) is 17.4 Å². The van der Waals surface area contributed by atoms with Crippen molar-refractivity contribution < 1.29 is 17.9 Å². The second-order valence-electron chi connectivity index (χ2n) is 4.07. The SMILES string of the molecule is CCOCc1c(-c2c(Cl)cccc2Cl)nsc1C(F)(F)F. The van der Waals surface area contributed by atoms with Crippen molar-refractivity contribution in [3.8, 4) is 11.3 Å². The summed E-state index contributed by atoms with van der Waals surface area (Å²) in [4.78, 5) is -0.790. The van der Waals surface area contributed by atoms with Gasteiger partial charge >= 0.3 is 6.18 Å². The Hall–Kier alpha value is -0.820. The summed E-state index contributed by atoms with van der Waals surface area (Å²) in [6, 6.07) is 4.73. The number of hydrogen-bond donors (Lipinski definition) is 0. The number of halogens is 5. The Morgan fingerprint density at radius 2 is 1.86 bits per heavy atom. The molecule has 0 spiro atoms. The molecule has 0 saturated carbocycles. The van der Waals surface area contributed by atoms with Crippen molar-refractivity contribution in [2.75, 3.05) is 6.61 Å². The van der Waals surface area contributed by atoms with E-state index >= 15 is 0 Å². The van der Waals surface area contributed by atoms with Crippen LogP contribution >= 0.6 is 34.7 Å². The average molecular weight is 356 g/mol. The fraction of sp³-hybridized carbons (Fsp3) is 0.308. The van der Waals surface area contributed by atoms with Crippen molar-refractivity contribution in [1.29, 1.82) is 0 Å². The van der Waals surface area contributed by atoms with E-state index < -0.39 is 11.1 Å². The molecule has 0 aliphatic heterocycles. The topological polar surface area (TPSA) is 22.1 Å². The molecule has 0 radical (unpaired) electrons. The lowest BCUT2D eigenvalue weighted by Gasteiger charge is -2.10. The van der Waals surface area contributed by atoms with E-state index in [-0.39, 0.29) is 27.9 Å². The predicted molar refractivity (Wildman–Crippen MR) is 77.9 cm³/mol. The molecule has 1 aromatic carbocycles. The third-order valence-corrected chi connectivity index (χ3v) is 4.26.